The van der Waals surface area contributed by atoms with Gasteiger partial charge < -0.3 is 9.64 Å². The molecule has 0 bridgehead atoms. The number of carbonyl (C=O) groups is 1. The first-order chi connectivity index (χ1) is 11.3. The number of benzene rings is 2. The number of hydrogen-bond acceptors (Lipinski definition) is 3. The first-order valence-electron chi connectivity index (χ1n) is 7.44. The van der Waals surface area contributed by atoms with Crippen molar-refractivity contribution in [1.82, 2.24) is 0 Å². The van der Waals surface area contributed by atoms with E-state index in [0.29, 0.717) is 11.3 Å². The van der Waals surface area contributed by atoms with Crippen LogP contribution in [0.4, 0.5) is 5.69 Å². The van der Waals surface area contributed by atoms with Crippen molar-refractivity contribution in [3.05, 3.63) is 48.0 Å². The first-order valence-corrected chi connectivity index (χ1v) is 8.23. The molecule has 4 nitrogen and oxygen atoms in total. The topological polar surface area (TPSA) is 53.3 Å². The van der Waals surface area contributed by atoms with Gasteiger partial charge in [-0.1, -0.05) is 40.2 Å². The Morgan fingerprint density at radius 3 is 2.33 bits per heavy atom. The van der Waals surface area contributed by atoms with E-state index in [-0.39, 0.29) is 5.91 Å². The lowest BCUT2D eigenvalue weighted by atomic mass is 9.98. The van der Waals surface area contributed by atoms with E-state index in [1.807, 2.05) is 36.4 Å². The smallest absolute Gasteiger partial charge is 0.243 e. The third kappa shape index (κ3) is 3.60. The molecular weight excluding hydrogens is 368 g/mol. The molecule has 0 aliphatic carbocycles. The molecule has 0 spiro atoms. The van der Waals surface area contributed by atoms with Gasteiger partial charge in [0.15, 0.2) is 0 Å². The maximum atomic E-state index is 12.5. The average Bonchev–Trinajstić information content (AvgIpc) is 2.59. The fourth-order valence-corrected chi connectivity index (χ4v) is 2.72. The molecule has 0 N–H and O–H groups in total. The van der Waals surface area contributed by atoms with Crippen molar-refractivity contribution >= 4 is 27.5 Å². The molecular formula is C19H19BrN2O2. The number of nitriles is 1. The van der Waals surface area contributed by atoms with E-state index in [9.17, 15) is 10.1 Å². The van der Waals surface area contributed by atoms with E-state index in [1.165, 1.54) is 4.90 Å². The van der Waals surface area contributed by atoms with Gasteiger partial charge in [-0.15, -0.1) is 0 Å². The highest BCUT2D eigenvalue weighted by Gasteiger charge is 2.29. The standard InChI is InChI=1S/C19H19BrN2O2/c1-19(2,20)18(23)22(3)17-7-5-6-15(16(17)12-21)13-8-10-14(24-4)11-9-13/h5-11H,1-4H3. The van der Waals surface area contributed by atoms with Crippen LogP contribution in [0.3, 0.4) is 0 Å². The van der Waals surface area contributed by atoms with Gasteiger partial charge in [-0.25, -0.2) is 0 Å². The lowest BCUT2D eigenvalue weighted by Crippen LogP contribution is -2.39. The summed E-state index contributed by atoms with van der Waals surface area (Å²) in [6.07, 6.45) is 0. The Morgan fingerprint density at radius 1 is 1.21 bits per heavy atom. The Balaban J connectivity index is 2.53. The highest BCUT2D eigenvalue weighted by atomic mass is 79.9. The summed E-state index contributed by atoms with van der Waals surface area (Å²) in [5.41, 5.74) is 2.73. The lowest BCUT2D eigenvalue weighted by molar-refractivity contribution is -0.119. The fourth-order valence-electron chi connectivity index (χ4n) is 2.46. The summed E-state index contributed by atoms with van der Waals surface area (Å²) < 4.78 is 4.47. The molecule has 0 fully saturated rings. The first kappa shape index (κ1) is 18.0. The minimum Gasteiger partial charge on any atom is -0.497 e. The Labute approximate surface area is 150 Å². The van der Waals surface area contributed by atoms with Gasteiger partial charge in [0.25, 0.3) is 0 Å². The molecule has 0 saturated carbocycles. The molecule has 5 heteroatoms. The second kappa shape index (κ2) is 7.06. The molecule has 0 aromatic heterocycles. The number of ether oxygens (including phenoxy) is 1. The number of methoxy groups -OCH3 is 1. The number of anilines is 1. The highest BCUT2D eigenvalue weighted by Crippen LogP contribution is 2.33. The van der Waals surface area contributed by atoms with Crippen LogP contribution in [0.25, 0.3) is 11.1 Å². The Bertz CT molecular complexity index is 786. The van der Waals surface area contributed by atoms with Crippen LogP contribution < -0.4 is 9.64 Å². The molecule has 24 heavy (non-hydrogen) atoms. The van der Waals surface area contributed by atoms with Crippen molar-refractivity contribution in [1.29, 1.82) is 5.26 Å². The van der Waals surface area contributed by atoms with Crippen molar-refractivity contribution in [2.24, 2.45) is 0 Å². The van der Waals surface area contributed by atoms with Crippen molar-refractivity contribution in [2.45, 2.75) is 18.2 Å². The quantitative estimate of drug-likeness (QED) is 0.732. The summed E-state index contributed by atoms with van der Waals surface area (Å²) in [6, 6.07) is 15.2. The van der Waals surface area contributed by atoms with Crippen LogP contribution >= 0.6 is 15.9 Å². The number of halogens is 1. The Kier molecular flexibility index (Phi) is 5.30. The molecule has 124 valence electrons. The summed E-state index contributed by atoms with van der Waals surface area (Å²) in [5, 5.41) is 9.67. The molecule has 0 atom stereocenters. The molecule has 2 rings (SSSR count). The van der Waals surface area contributed by atoms with Gasteiger partial charge in [0, 0.05) is 12.6 Å². The molecule has 0 radical (unpaired) electrons. The van der Waals surface area contributed by atoms with Gasteiger partial charge in [0.2, 0.25) is 5.91 Å². The van der Waals surface area contributed by atoms with Crippen LogP contribution in [-0.2, 0) is 4.79 Å². The van der Waals surface area contributed by atoms with Gasteiger partial charge in [0.1, 0.15) is 11.8 Å². The molecule has 2 aromatic carbocycles. The maximum Gasteiger partial charge on any atom is 0.243 e. The third-order valence-electron chi connectivity index (χ3n) is 3.73. The van der Waals surface area contributed by atoms with Crippen molar-refractivity contribution in [3.63, 3.8) is 0 Å². The van der Waals surface area contributed by atoms with E-state index in [1.54, 1.807) is 34.1 Å². The van der Waals surface area contributed by atoms with E-state index < -0.39 is 4.32 Å². The zero-order chi connectivity index (χ0) is 17.9. The normalized spacial score (nSPS) is 10.8. The minimum absolute atomic E-state index is 0.120. The van der Waals surface area contributed by atoms with E-state index in [4.69, 9.17) is 4.74 Å². The van der Waals surface area contributed by atoms with Crippen LogP contribution in [0.2, 0.25) is 0 Å². The summed E-state index contributed by atoms with van der Waals surface area (Å²) in [4.78, 5) is 14.0. The molecule has 0 saturated heterocycles. The number of nitrogens with zero attached hydrogens (tertiary/aromatic N) is 2. The van der Waals surface area contributed by atoms with Gasteiger partial charge in [-0.05, 0) is 37.6 Å². The van der Waals surface area contributed by atoms with E-state index in [0.717, 1.165) is 16.9 Å². The second-order valence-corrected chi connectivity index (χ2v) is 7.86. The Hall–Kier alpha value is -2.32. The number of amides is 1. The minimum atomic E-state index is -0.704. The highest BCUT2D eigenvalue weighted by molar-refractivity contribution is 9.10. The summed E-state index contributed by atoms with van der Waals surface area (Å²) in [6.45, 7) is 3.57. The monoisotopic (exact) mass is 386 g/mol. The van der Waals surface area contributed by atoms with Crippen molar-refractivity contribution in [2.75, 3.05) is 19.1 Å². The van der Waals surface area contributed by atoms with Crippen molar-refractivity contribution < 1.29 is 9.53 Å². The van der Waals surface area contributed by atoms with E-state index in [2.05, 4.69) is 22.0 Å². The zero-order valence-corrected chi connectivity index (χ0v) is 15.7. The molecule has 0 aliphatic heterocycles. The van der Waals surface area contributed by atoms with Crippen LogP contribution in [0.15, 0.2) is 42.5 Å². The van der Waals surface area contributed by atoms with E-state index >= 15 is 0 Å². The van der Waals surface area contributed by atoms with Gasteiger partial charge in [-0.2, -0.15) is 5.26 Å². The van der Waals surface area contributed by atoms with Crippen LogP contribution in [-0.4, -0.2) is 24.4 Å². The summed E-state index contributed by atoms with van der Waals surface area (Å²) in [7, 11) is 3.29. The molecule has 0 unspecified atom stereocenters. The molecule has 0 aliphatic rings. The number of rotatable bonds is 4. The Morgan fingerprint density at radius 2 is 1.83 bits per heavy atom. The lowest BCUT2D eigenvalue weighted by Gasteiger charge is -2.26. The van der Waals surface area contributed by atoms with Gasteiger partial charge in [-0.3, -0.25) is 4.79 Å². The second-order valence-electron chi connectivity index (χ2n) is 5.88. The predicted octanol–water partition coefficient (Wildman–Crippen LogP) is 4.37. The summed E-state index contributed by atoms with van der Waals surface area (Å²) >= 11 is 3.38. The summed E-state index contributed by atoms with van der Waals surface area (Å²) in [5.74, 6) is 0.632. The predicted molar refractivity (Wildman–Crippen MR) is 99.6 cm³/mol. The van der Waals surface area contributed by atoms with Gasteiger partial charge >= 0.3 is 0 Å². The van der Waals surface area contributed by atoms with Crippen molar-refractivity contribution in [3.8, 4) is 22.9 Å². The number of carbonyl (C=O) groups excluding carboxylic acids is 1. The average molecular weight is 387 g/mol. The van der Waals surface area contributed by atoms with Gasteiger partial charge in [0.05, 0.1) is 22.7 Å². The number of hydrogen-bond donors (Lipinski definition) is 0. The SMILES string of the molecule is COc1ccc(-c2cccc(N(C)C(=O)C(C)(C)Br)c2C#N)cc1. The number of alkyl halides is 1. The third-order valence-corrected chi connectivity index (χ3v) is 4.07. The fraction of sp³-hybridized carbons (Fsp3) is 0.263. The molecule has 2 aromatic rings. The largest absolute Gasteiger partial charge is 0.497 e. The molecule has 0 heterocycles. The van der Waals surface area contributed by atoms with Crippen LogP contribution in [0.5, 0.6) is 5.75 Å². The molecule has 1 amide bonds. The zero-order valence-electron chi connectivity index (χ0n) is 14.1. The van der Waals surface area contributed by atoms with Crippen LogP contribution in [0, 0.1) is 11.3 Å². The maximum absolute atomic E-state index is 12.5. The van der Waals surface area contributed by atoms with Crippen LogP contribution in [0.1, 0.15) is 19.4 Å².